The van der Waals surface area contributed by atoms with Gasteiger partial charge in [-0.2, -0.15) is 4.57 Å². The van der Waals surface area contributed by atoms with Crippen molar-refractivity contribution in [1.29, 1.82) is 0 Å². The molecule has 1 aliphatic heterocycles. The minimum absolute atomic E-state index is 0.878. The van der Waals surface area contributed by atoms with E-state index >= 15 is 0 Å². The van der Waals surface area contributed by atoms with Crippen molar-refractivity contribution in [3.05, 3.63) is 72.2 Å². The summed E-state index contributed by atoms with van der Waals surface area (Å²) >= 11 is 0. The van der Waals surface area contributed by atoms with Crippen LogP contribution in [-0.4, -0.2) is 6.54 Å². The van der Waals surface area contributed by atoms with Crippen LogP contribution < -0.4 is 14.2 Å². The normalized spacial score (nSPS) is 14.9. The standard InChI is InChI=1S/C21H21N2O/c1-3-22-17(14-13-16-9-5-6-10-18(16)22)15-21-23(4-2)19-11-7-8-12-20(19)24-21/h5-15H,3-4H2,1-2H3/q+1. The first-order chi connectivity index (χ1) is 11.8. The van der Waals surface area contributed by atoms with Gasteiger partial charge in [0.1, 0.15) is 6.54 Å². The van der Waals surface area contributed by atoms with Crippen molar-refractivity contribution in [2.24, 2.45) is 0 Å². The molecule has 2 heterocycles. The number of benzene rings is 2. The number of para-hydroxylation sites is 3. The molecule has 0 saturated heterocycles. The van der Waals surface area contributed by atoms with Crippen LogP contribution in [0.3, 0.4) is 0 Å². The lowest BCUT2D eigenvalue weighted by atomic mass is 10.2. The fraction of sp³-hybridized carbons (Fsp3) is 0.190. The first-order valence-electron chi connectivity index (χ1n) is 8.49. The highest BCUT2D eigenvalue weighted by molar-refractivity contribution is 5.76. The average molecular weight is 317 g/mol. The van der Waals surface area contributed by atoms with E-state index in [0.29, 0.717) is 0 Å². The number of fused-ring (bicyclic) bond motifs is 2. The van der Waals surface area contributed by atoms with Gasteiger partial charge in [-0.1, -0.05) is 24.3 Å². The average Bonchev–Trinajstić information content (AvgIpc) is 2.98. The van der Waals surface area contributed by atoms with Crippen LogP contribution in [0.1, 0.15) is 19.5 Å². The Morgan fingerprint density at radius 1 is 0.958 bits per heavy atom. The van der Waals surface area contributed by atoms with E-state index in [2.05, 4.69) is 77.9 Å². The Hall–Kier alpha value is -2.81. The summed E-state index contributed by atoms with van der Waals surface area (Å²) in [6, 6.07) is 21.0. The minimum atomic E-state index is 0.878. The summed E-state index contributed by atoms with van der Waals surface area (Å²) < 4.78 is 8.42. The van der Waals surface area contributed by atoms with E-state index in [-0.39, 0.29) is 0 Å². The minimum Gasteiger partial charge on any atom is -0.438 e. The Morgan fingerprint density at radius 3 is 2.58 bits per heavy atom. The summed E-state index contributed by atoms with van der Waals surface area (Å²) in [5, 5.41) is 1.25. The van der Waals surface area contributed by atoms with Crippen LogP contribution in [0, 0.1) is 0 Å². The number of pyridine rings is 1. The molecule has 3 aromatic rings. The Kier molecular flexibility index (Phi) is 3.69. The highest BCUT2D eigenvalue weighted by atomic mass is 16.5. The van der Waals surface area contributed by atoms with Crippen LogP contribution in [-0.2, 0) is 6.54 Å². The van der Waals surface area contributed by atoms with Gasteiger partial charge in [-0.15, -0.1) is 0 Å². The fourth-order valence-electron chi connectivity index (χ4n) is 3.37. The molecule has 2 aromatic carbocycles. The van der Waals surface area contributed by atoms with Gasteiger partial charge in [0.2, 0.25) is 17.1 Å². The van der Waals surface area contributed by atoms with Crippen LogP contribution in [0.25, 0.3) is 17.0 Å². The van der Waals surface area contributed by atoms with E-state index in [0.717, 1.165) is 36.1 Å². The van der Waals surface area contributed by atoms with Gasteiger partial charge >= 0.3 is 0 Å². The molecule has 4 rings (SSSR count). The highest BCUT2D eigenvalue weighted by Crippen LogP contribution is 2.38. The van der Waals surface area contributed by atoms with Gasteiger partial charge in [0, 0.05) is 24.1 Å². The van der Waals surface area contributed by atoms with Crippen molar-refractivity contribution in [1.82, 2.24) is 0 Å². The second kappa shape index (κ2) is 6.00. The maximum Gasteiger partial charge on any atom is 0.212 e. The number of aromatic nitrogens is 1. The van der Waals surface area contributed by atoms with Crippen molar-refractivity contribution >= 4 is 22.7 Å². The summed E-state index contributed by atoms with van der Waals surface area (Å²) in [5.41, 5.74) is 3.53. The molecule has 0 radical (unpaired) electrons. The van der Waals surface area contributed by atoms with Gasteiger partial charge < -0.3 is 9.64 Å². The zero-order valence-corrected chi connectivity index (χ0v) is 14.1. The maximum absolute atomic E-state index is 6.10. The van der Waals surface area contributed by atoms with Crippen LogP contribution in [0.15, 0.2) is 66.5 Å². The maximum atomic E-state index is 6.10. The monoisotopic (exact) mass is 317 g/mol. The first-order valence-corrected chi connectivity index (χ1v) is 8.49. The number of hydrogen-bond acceptors (Lipinski definition) is 2. The van der Waals surface area contributed by atoms with E-state index in [9.17, 15) is 0 Å². The second-order valence-electron chi connectivity index (χ2n) is 5.86. The Balaban J connectivity index is 1.83. The molecule has 0 atom stereocenters. The molecule has 0 amide bonds. The molecule has 0 bridgehead atoms. The number of anilines is 1. The van der Waals surface area contributed by atoms with Gasteiger partial charge in [0.15, 0.2) is 5.75 Å². The largest absolute Gasteiger partial charge is 0.438 e. The highest BCUT2D eigenvalue weighted by Gasteiger charge is 2.26. The zero-order valence-electron chi connectivity index (χ0n) is 14.1. The van der Waals surface area contributed by atoms with Gasteiger partial charge in [-0.3, -0.25) is 0 Å². The van der Waals surface area contributed by atoms with Crippen molar-refractivity contribution in [2.75, 3.05) is 11.4 Å². The SMILES string of the molecule is CCN1/C(=C/c2ccc3ccccc3[n+]2CC)Oc2ccccc21. The third-order valence-electron chi connectivity index (χ3n) is 4.51. The summed E-state index contributed by atoms with van der Waals surface area (Å²) in [4.78, 5) is 2.21. The number of nitrogens with zero attached hydrogens (tertiary/aromatic N) is 2. The van der Waals surface area contributed by atoms with Crippen molar-refractivity contribution in [3.63, 3.8) is 0 Å². The predicted octanol–water partition coefficient (Wildman–Crippen LogP) is 4.36. The van der Waals surface area contributed by atoms with E-state index in [1.165, 1.54) is 10.9 Å². The lowest BCUT2D eigenvalue weighted by Crippen LogP contribution is -2.37. The van der Waals surface area contributed by atoms with Crippen LogP contribution in [0.4, 0.5) is 5.69 Å². The topological polar surface area (TPSA) is 16.4 Å². The third kappa shape index (κ3) is 2.33. The van der Waals surface area contributed by atoms with E-state index in [4.69, 9.17) is 4.74 Å². The third-order valence-corrected chi connectivity index (χ3v) is 4.51. The van der Waals surface area contributed by atoms with E-state index in [1.54, 1.807) is 0 Å². The smallest absolute Gasteiger partial charge is 0.212 e. The van der Waals surface area contributed by atoms with Crippen LogP contribution in [0.2, 0.25) is 0 Å². The summed E-state index contributed by atoms with van der Waals surface area (Å²) in [5.74, 6) is 1.81. The summed E-state index contributed by atoms with van der Waals surface area (Å²) in [6.45, 7) is 6.12. The molecule has 3 heteroatoms. The lowest BCUT2D eigenvalue weighted by Gasteiger charge is -2.15. The molecule has 1 aliphatic rings. The molecule has 3 nitrogen and oxygen atoms in total. The van der Waals surface area contributed by atoms with Crippen molar-refractivity contribution < 1.29 is 9.30 Å². The molecule has 1 aromatic heterocycles. The van der Waals surface area contributed by atoms with Gasteiger partial charge in [-0.25, -0.2) is 0 Å². The Bertz CT molecular complexity index is 930. The molecule has 0 unspecified atom stereocenters. The fourth-order valence-corrected chi connectivity index (χ4v) is 3.37. The van der Waals surface area contributed by atoms with E-state index in [1.807, 2.05) is 12.1 Å². The van der Waals surface area contributed by atoms with Gasteiger partial charge in [0.25, 0.3) is 0 Å². The first kappa shape index (κ1) is 14.8. The molecule has 0 N–H and O–H groups in total. The molecule has 0 aliphatic carbocycles. The van der Waals surface area contributed by atoms with E-state index < -0.39 is 0 Å². The number of hydrogen-bond donors (Lipinski definition) is 0. The zero-order chi connectivity index (χ0) is 16.5. The van der Waals surface area contributed by atoms with Crippen molar-refractivity contribution in [3.8, 4) is 5.75 Å². The molecular formula is C21H21N2O+. The Labute approximate surface area is 142 Å². The summed E-state index contributed by atoms with van der Waals surface area (Å²) in [7, 11) is 0. The Morgan fingerprint density at radius 2 is 1.75 bits per heavy atom. The second-order valence-corrected chi connectivity index (χ2v) is 5.86. The summed E-state index contributed by atoms with van der Waals surface area (Å²) in [6.07, 6.45) is 2.14. The number of ether oxygens (including phenoxy) is 1. The molecule has 24 heavy (non-hydrogen) atoms. The van der Waals surface area contributed by atoms with Crippen LogP contribution >= 0.6 is 0 Å². The molecular weight excluding hydrogens is 296 g/mol. The van der Waals surface area contributed by atoms with Crippen molar-refractivity contribution in [2.45, 2.75) is 20.4 Å². The van der Waals surface area contributed by atoms with Gasteiger partial charge in [0.05, 0.1) is 11.8 Å². The number of aryl methyl sites for hydroxylation is 1. The quantitative estimate of drug-likeness (QED) is 0.667. The van der Waals surface area contributed by atoms with Crippen LogP contribution in [0.5, 0.6) is 5.75 Å². The molecule has 0 spiro atoms. The van der Waals surface area contributed by atoms with Gasteiger partial charge in [-0.05, 0) is 38.1 Å². The lowest BCUT2D eigenvalue weighted by molar-refractivity contribution is -0.669. The predicted molar refractivity (Wildman–Crippen MR) is 97.9 cm³/mol. The number of rotatable bonds is 3. The molecule has 0 fully saturated rings. The molecule has 120 valence electrons. The molecule has 0 saturated carbocycles.